The maximum atomic E-state index is 13.4. The summed E-state index contributed by atoms with van der Waals surface area (Å²) in [4.78, 5) is 11.9. The summed E-state index contributed by atoms with van der Waals surface area (Å²) in [5.41, 5.74) is -1.17. The third-order valence-corrected chi connectivity index (χ3v) is 3.12. The van der Waals surface area contributed by atoms with E-state index in [1.165, 1.54) is 24.0 Å². The van der Waals surface area contributed by atoms with Crippen molar-refractivity contribution in [3.63, 3.8) is 0 Å². The molecule has 21 heavy (non-hydrogen) atoms. The number of anilines is 1. The van der Waals surface area contributed by atoms with Crippen molar-refractivity contribution in [2.75, 3.05) is 5.32 Å². The zero-order chi connectivity index (χ0) is 15.7. The predicted molar refractivity (Wildman–Crippen MR) is 69.5 cm³/mol. The van der Waals surface area contributed by atoms with E-state index in [1.54, 1.807) is 0 Å². The Hall–Kier alpha value is -1.90. The summed E-state index contributed by atoms with van der Waals surface area (Å²) in [6.45, 7) is 1.40. The molecule has 112 valence electrons. The van der Waals surface area contributed by atoms with Crippen molar-refractivity contribution in [3.8, 4) is 0 Å². The van der Waals surface area contributed by atoms with Crippen LogP contribution in [-0.2, 0) is 4.79 Å². The van der Waals surface area contributed by atoms with Gasteiger partial charge in [0.2, 0.25) is 5.91 Å². The van der Waals surface area contributed by atoms with Gasteiger partial charge in [-0.15, -0.1) is 0 Å². The van der Waals surface area contributed by atoms with Crippen LogP contribution in [-0.4, -0.2) is 15.7 Å². The standard InChI is InChI=1S/C12H8BrF4N3O/c1-5(20-4-6(13)3-18-20)12(21)19-11-9(16)7(14)2-8(15)10(11)17/h2-5H,1H3,(H,19,21). The summed E-state index contributed by atoms with van der Waals surface area (Å²) in [6, 6.07) is -0.879. The minimum Gasteiger partial charge on any atom is -0.319 e. The molecule has 1 heterocycles. The first-order valence-electron chi connectivity index (χ1n) is 5.64. The molecule has 1 aromatic heterocycles. The monoisotopic (exact) mass is 365 g/mol. The van der Waals surface area contributed by atoms with Crippen molar-refractivity contribution < 1.29 is 22.4 Å². The number of carbonyl (C=O) groups excluding carboxylic acids is 1. The maximum Gasteiger partial charge on any atom is 0.249 e. The number of nitrogens with zero attached hydrogens (tertiary/aromatic N) is 2. The highest BCUT2D eigenvalue weighted by Crippen LogP contribution is 2.25. The summed E-state index contributed by atoms with van der Waals surface area (Å²) in [7, 11) is 0. The summed E-state index contributed by atoms with van der Waals surface area (Å²) >= 11 is 3.12. The van der Waals surface area contributed by atoms with Crippen molar-refractivity contribution in [1.29, 1.82) is 0 Å². The molecule has 1 aromatic carbocycles. The van der Waals surface area contributed by atoms with Crippen LogP contribution in [0.15, 0.2) is 22.9 Å². The van der Waals surface area contributed by atoms with E-state index in [9.17, 15) is 22.4 Å². The third-order valence-electron chi connectivity index (χ3n) is 2.71. The average molecular weight is 366 g/mol. The van der Waals surface area contributed by atoms with Crippen molar-refractivity contribution in [2.45, 2.75) is 13.0 Å². The number of nitrogens with one attached hydrogen (secondary N) is 1. The Balaban J connectivity index is 2.28. The number of rotatable bonds is 3. The summed E-state index contributed by atoms with van der Waals surface area (Å²) in [5.74, 6) is -7.42. The van der Waals surface area contributed by atoms with Crippen LogP contribution in [0.5, 0.6) is 0 Å². The first kappa shape index (κ1) is 15.5. The molecule has 2 rings (SSSR count). The van der Waals surface area contributed by atoms with E-state index < -0.39 is 40.9 Å². The fraction of sp³-hybridized carbons (Fsp3) is 0.167. The number of amides is 1. The van der Waals surface area contributed by atoms with Gasteiger partial charge in [-0.25, -0.2) is 17.6 Å². The van der Waals surface area contributed by atoms with Crippen LogP contribution >= 0.6 is 15.9 Å². The van der Waals surface area contributed by atoms with Gasteiger partial charge in [0, 0.05) is 12.3 Å². The lowest BCUT2D eigenvalue weighted by atomic mass is 10.2. The molecule has 0 aliphatic rings. The normalized spacial score (nSPS) is 12.3. The Morgan fingerprint density at radius 3 is 2.33 bits per heavy atom. The van der Waals surface area contributed by atoms with Crippen LogP contribution in [0.3, 0.4) is 0 Å². The van der Waals surface area contributed by atoms with E-state index >= 15 is 0 Å². The lowest BCUT2D eigenvalue weighted by Crippen LogP contribution is -2.25. The second kappa shape index (κ2) is 5.84. The molecule has 0 saturated heterocycles. The maximum absolute atomic E-state index is 13.4. The van der Waals surface area contributed by atoms with E-state index in [0.29, 0.717) is 4.47 Å². The van der Waals surface area contributed by atoms with Crippen molar-refractivity contribution in [1.82, 2.24) is 9.78 Å². The van der Waals surface area contributed by atoms with E-state index in [1.807, 2.05) is 5.32 Å². The average Bonchev–Trinajstić information content (AvgIpc) is 2.87. The first-order valence-corrected chi connectivity index (χ1v) is 6.44. The lowest BCUT2D eigenvalue weighted by Gasteiger charge is -2.14. The molecule has 1 amide bonds. The van der Waals surface area contributed by atoms with Crippen LogP contribution < -0.4 is 5.32 Å². The van der Waals surface area contributed by atoms with Gasteiger partial charge in [0.05, 0.1) is 10.7 Å². The van der Waals surface area contributed by atoms with Gasteiger partial charge in [0.15, 0.2) is 23.3 Å². The fourth-order valence-electron chi connectivity index (χ4n) is 1.56. The van der Waals surface area contributed by atoms with Gasteiger partial charge in [-0.1, -0.05) is 0 Å². The van der Waals surface area contributed by atoms with Crippen LogP contribution in [0.1, 0.15) is 13.0 Å². The highest BCUT2D eigenvalue weighted by molar-refractivity contribution is 9.10. The van der Waals surface area contributed by atoms with Gasteiger partial charge in [-0.3, -0.25) is 9.48 Å². The Morgan fingerprint density at radius 2 is 1.86 bits per heavy atom. The molecule has 0 aliphatic carbocycles. The number of aromatic nitrogens is 2. The minimum absolute atomic E-state index is 0.0639. The number of benzene rings is 1. The Kier molecular flexibility index (Phi) is 4.31. The third kappa shape index (κ3) is 3.07. The van der Waals surface area contributed by atoms with E-state index in [2.05, 4.69) is 21.0 Å². The fourth-order valence-corrected chi connectivity index (χ4v) is 1.86. The molecule has 1 unspecified atom stereocenters. The van der Waals surface area contributed by atoms with Crippen LogP contribution in [0, 0.1) is 23.3 Å². The van der Waals surface area contributed by atoms with Gasteiger partial charge in [-0.2, -0.15) is 5.10 Å². The quantitative estimate of drug-likeness (QED) is 0.669. The number of hydrogen-bond acceptors (Lipinski definition) is 2. The van der Waals surface area contributed by atoms with Crippen molar-refractivity contribution in [2.24, 2.45) is 0 Å². The molecule has 1 atom stereocenters. The largest absolute Gasteiger partial charge is 0.319 e. The van der Waals surface area contributed by atoms with Crippen LogP contribution in [0.25, 0.3) is 0 Å². The Morgan fingerprint density at radius 1 is 1.29 bits per heavy atom. The molecule has 0 bridgehead atoms. The van der Waals surface area contributed by atoms with Crippen LogP contribution in [0.2, 0.25) is 0 Å². The van der Waals surface area contributed by atoms with Gasteiger partial charge in [0.1, 0.15) is 11.7 Å². The highest BCUT2D eigenvalue weighted by atomic mass is 79.9. The predicted octanol–water partition coefficient (Wildman–Crippen LogP) is 3.40. The molecular weight excluding hydrogens is 358 g/mol. The molecular formula is C12H8BrF4N3O. The molecule has 1 N–H and O–H groups in total. The zero-order valence-electron chi connectivity index (χ0n) is 10.5. The van der Waals surface area contributed by atoms with Gasteiger partial charge < -0.3 is 5.32 Å². The topological polar surface area (TPSA) is 46.9 Å². The second-order valence-electron chi connectivity index (χ2n) is 4.15. The van der Waals surface area contributed by atoms with Crippen LogP contribution in [0.4, 0.5) is 23.2 Å². The van der Waals surface area contributed by atoms with E-state index in [0.717, 1.165) is 0 Å². The van der Waals surface area contributed by atoms with Crippen molar-refractivity contribution >= 4 is 27.5 Å². The molecule has 0 saturated carbocycles. The van der Waals surface area contributed by atoms with Gasteiger partial charge in [-0.05, 0) is 22.9 Å². The Labute approximate surface area is 124 Å². The first-order chi connectivity index (χ1) is 9.81. The number of carbonyl (C=O) groups is 1. The smallest absolute Gasteiger partial charge is 0.249 e. The molecule has 0 fully saturated rings. The molecule has 0 radical (unpaired) electrons. The highest BCUT2D eigenvalue weighted by Gasteiger charge is 2.23. The van der Waals surface area contributed by atoms with Gasteiger partial charge in [0.25, 0.3) is 0 Å². The molecule has 2 aromatic rings. The minimum atomic E-state index is -1.67. The van der Waals surface area contributed by atoms with Crippen molar-refractivity contribution in [3.05, 3.63) is 46.2 Å². The lowest BCUT2D eigenvalue weighted by molar-refractivity contribution is -0.119. The molecule has 0 aliphatic heterocycles. The molecule has 9 heteroatoms. The van der Waals surface area contributed by atoms with E-state index in [4.69, 9.17) is 0 Å². The number of hydrogen-bond donors (Lipinski definition) is 1. The zero-order valence-corrected chi connectivity index (χ0v) is 12.1. The van der Waals surface area contributed by atoms with E-state index in [-0.39, 0.29) is 6.07 Å². The Bertz CT molecular complexity index is 678. The summed E-state index contributed by atoms with van der Waals surface area (Å²) in [6.07, 6.45) is 2.87. The molecule has 0 spiro atoms. The summed E-state index contributed by atoms with van der Waals surface area (Å²) < 4.78 is 54.8. The SMILES string of the molecule is CC(C(=O)Nc1c(F)c(F)cc(F)c1F)n1cc(Br)cn1. The summed E-state index contributed by atoms with van der Waals surface area (Å²) in [5, 5.41) is 5.65. The van der Waals surface area contributed by atoms with Gasteiger partial charge >= 0.3 is 0 Å². The molecule has 4 nitrogen and oxygen atoms in total. The second-order valence-corrected chi connectivity index (χ2v) is 5.06. The number of halogens is 5.